The number of hydrogen-bond donors (Lipinski definition) is 2. The zero-order valence-corrected chi connectivity index (χ0v) is 8.74. The fraction of sp³-hybridized carbons (Fsp3) is 0.714. The minimum atomic E-state index is -5.08. The quantitative estimate of drug-likeness (QED) is 0.629. The molecule has 0 aromatic carbocycles. The number of aliphatic carboxylic acids is 1. The van der Waals surface area contributed by atoms with Crippen LogP contribution in [-0.4, -0.2) is 22.4 Å². The van der Waals surface area contributed by atoms with Crippen molar-refractivity contribution in [3.05, 3.63) is 0 Å². The molecule has 0 unspecified atom stereocenters. The van der Waals surface area contributed by atoms with Gasteiger partial charge >= 0.3 is 12.1 Å². The maximum absolute atomic E-state index is 10.6. The molecule has 0 bridgehead atoms. The van der Waals surface area contributed by atoms with Crippen LogP contribution in [0.25, 0.3) is 0 Å². The van der Waals surface area contributed by atoms with E-state index in [2.05, 4.69) is 12.6 Å². The molecule has 0 aromatic rings. The van der Waals surface area contributed by atoms with Crippen molar-refractivity contribution >= 4 is 23.7 Å². The molecule has 0 amide bonds. The number of carbonyl (C=O) groups is 2. The summed E-state index contributed by atoms with van der Waals surface area (Å²) in [6.45, 7) is 5.51. The smallest absolute Gasteiger partial charge is 0.475 e. The normalized spacial score (nSPS) is 11.4. The minimum absolute atomic E-state index is 0.0625. The molecule has 7 heteroatoms. The fourth-order valence-electron chi connectivity index (χ4n) is 0. The summed E-state index contributed by atoms with van der Waals surface area (Å²) in [4.78, 5) is 19.2. The maximum Gasteiger partial charge on any atom is 0.490 e. The van der Waals surface area contributed by atoms with Gasteiger partial charge in [-0.2, -0.15) is 13.2 Å². The second-order valence-electron chi connectivity index (χ2n) is 3.36. The Kier molecular flexibility index (Phi) is 5.88. The van der Waals surface area contributed by atoms with Gasteiger partial charge in [0.2, 0.25) is 0 Å². The van der Waals surface area contributed by atoms with Gasteiger partial charge in [0.25, 0.3) is 0 Å². The monoisotopic (exact) mass is 232 g/mol. The van der Waals surface area contributed by atoms with Crippen LogP contribution >= 0.6 is 12.6 Å². The van der Waals surface area contributed by atoms with Crippen LogP contribution in [0.5, 0.6) is 0 Å². The third kappa shape index (κ3) is 9.37. The lowest BCUT2D eigenvalue weighted by Crippen LogP contribution is -2.21. The zero-order chi connectivity index (χ0) is 12.2. The molecule has 0 saturated carbocycles. The second kappa shape index (κ2) is 5.23. The molecule has 0 heterocycles. The number of carboxylic acid groups (broad SMARTS) is 1. The van der Waals surface area contributed by atoms with Crippen molar-refractivity contribution < 1.29 is 27.9 Å². The van der Waals surface area contributed by atoms with Crippen LogP contribution in [0.15, 0.2) is 0 Å². The predicted molar refractivity (Wildman–Crippen MR) is 47.1 cm³/mol. The molecule has 84 valence electrons. The number of rotatable bonds is 0. The summed E-state index contributed by atoms with van der Waals surface area (Å²) in [5.74, 6) is -2.76. The summed E-state index contributed by atoms with van der Waals surface area (Å²) in [5.41, 5.74) is -0.275. The Morgan fingerprint density at radius 1 is 1.14 bits per heavy atom. The Morgan fingerprint density at radius 2 is 1.29 bits per heavy atom. The molecule has 0 spiro atoms. The summed E-state index contributed by atoms with van der Waals surface area (Å²) in [6, 6.07) is 0. The Bertz CT molecular complexity index is 193. The first-order chi connectivity index (χ1) is 5.89. The van der Waals surface area contributed by atoms with Crippen LogP contribution in [0.2, 0.25) is 0 Å². The van der Waals surface area contributed by atoms with Crippen LogP contribution in [0.1, 0.15) is 20.8 Å². The average molecular weight is 232 g/mol. The van der Waals surface area contributed by atoms with Crippen molar-refractivity contribution in [2.75, 3.05) is 0 Å². The van der Waals surface area contributed by atoms with Gasteiger partial charge in [0, 0.05) is 5.41 Å². The van der Waals surface area contributed by atoms with Crippen LogP contribution in [0.4, 0.5) is 13.2 Å². The lowest BCUT2D eigenvalue weighted by atomic mass is 10.00. The van der Waals surface area contributed by atoms with Crippen LogP contribution in [0.3, 0.4) is 0 Å². The maximum atomic E-state index is 10.6. The molecule has 0 aliphatic rings. The Balaban J connectivity index is 0. The predicted octanol–water partition coefficient (Wildman–Crippen LogP) is 2.12. The average Bonchev–Trinajstić information content (AvgIpc) is 1.83. The molecule has 0 fully saturated rings. The molecule has 0 aliphatic heterocycles. The third-order valence-corrected chi connectivity index (χ3v) is 1.55. The lowest BCUT2D eigenvalue weighted by Gasteiger charge is -2.10. The van der Waals surface area contributed by atoms with Crippen molar-refractivity contribution in [2.24, 2.45) is 5.41 Å². The van der Waals surface area contributed by atoms with Gasteiger partial charge in [-0.05, 0) is 0 Å². The van der Waals surface area contributed by atoms with Crippen molar-refractivity contribution in [3.63, 3.8) is 0 Å². The Labute approximate surface area is 84.7 Å². The Hall–Kier alpha value is -0.720. The topological polar surface area (TPSA) is 54.4 Å². The molecule has 0 aliphatic carbocycles. The summed E-state index contributed by atoms with van der Waals surface area (Å²) in [7, 11) is 0. The highest BCUT2D eigenvalue weighted by molar-refractivity contribution is 7.96. The molecule has 0 rings (SSSR count). The molecular formula is C7H11F3O3S. The molecule has 14 heavy (non-hydrogen) atoms. The first-order valence-electron chi connectivity index (χ1n) is 3.42. The van der Waals surface area contributed by atoms with Gasteiger partial charge in [0.05, 0.1) is 0 Å². The van der Waals surface area contributed by atoms with Crippen molar-refractivity contribution in [1.29, 1.82) is 0 Å². The number of carbonyl (C=O) groups excluding carboxylic acids is 1. The lowest BCUT2D eigenvalue weighted by molar-refractivity contribution is -0.192. The van der Waals surface area contributed by atoms with Gasteiger partial charge in [-0.15, -0.1) is 12.6 Å². The Morgan fingerprint density at radius 3 is 1.29 bits per heavy atom. The molecule has 0 saturated heterocycles. The first-order valence-corrected chi connectivity index (χ1v) is 3.87. The van der Waals surface area contributed by atoms with E-state index in [0.29, 0.717) is 0 Å². The molecule has 0 aromatic heterocycles. The number of hydrogen-bond acceptors (Lipinski definition) is 2. The van der Waals surface area contributed by atoms with E-state index in [1.54, 1.807) is 0 Å². The van der Waals surface area contributed by atoms with Crippen molar-refractivity contribution in [1.82, 2.24) is 0 Å². The van der Waals surface area contributed by atoms with E-state index in [1.165, 1.54) is 0 Å². The van der Waals surface area contributed by atoms with Gasteiger partial charge in [-0.3, -0.25) is 4.79 Å². The van der Waals surface area contributed by atoms with Gasteiger partial charge in [0.15, 0.2) is 5.12 Å². The molecule has 0 atom stereocenters. The standard InChI is InChI=1S/C5H10OS.C2HF3O2/c1-5(2,3)4(6)7;3-2(4,5)1(6)7/h1-3H3,(H,6,7);(H,6,7). The SMILES string of the molecule is CC(C)(C)C(=O)S.O=C(O)C(F)(F)F. The van der Waals surface area contributed by atoms with E-state index < -0.39 is 12.1 Å². The number of thiol groups is 1. The highest BCUT2D eigenvalue weighted by Crippen LogP contribution is 2.15. The van der Waals surface area contributed by atoms with E-state index in [9.17, 15) is 18.0 Å². The van der Waals surface area contributed by atoms with Gasteiger partial charge in [-0.1, -0.05) is 20.8 Å². The van der Waals surface area contributed by atoms with Crippen molar-refractivity contribution in [3.8, 4) is 0 Å². The zero-order valence-electron chi connectivity index (χ0n) is 7.84. The second-order valence-corrected chi connectivity index (χ2v) is 3.76. The highest BCUT2D eigenvalue weighted by atomic mass is 32.1. The number of alkyl halides is 3. The van der Waals surface area contributed by atoms with Gasteiger partial charge in [-0.25, -0.2) is 4.79 Å². The number of halogens is 3. The van der Waals surface area contributed by atoms with E-state index >= 15 is 0 Å². The van der Waals surface area contributed by atoms with Crippen LogP contribution in [-0.2, 0) is 9.59 Å². The highest BCUT2D eigenvalue weighted by Gasteiger charge is 2.38. The van der Waals surface area contributed by atoms with E-state index in [4.69, 9.17) is 9.90 Å². The molecular weight excluding hydrogens is 221 g/mol. The van der Waals surface area contributed by atoms with Crippen LogP contribution < -0.4 is 0 Å². The molecule has 0 radical (unpaired) electrons. The van der Waals surface area contributed by atoms with Crippen molar-refractivity contribution in [2.45, 2.75) is 26.9 Å². The summed E-state index contributed by atoms with van der Waals surface area (Å²) in [5, 5.41) is 7.06. The minimum Gasteiger partial charge on any atom is -0.475 e. The fourth-order valence-corrected chi connectivity index (χ4v) is 0. The first kappa shape index (κ1) is 15.7. The molecule has 1 N–H and O–H groups in total. The number of carboxylic acids is 1. The summed E-state index contributed by atoms with van der Waals surface area (Å²) >= 11 is 3.64. The summed E-state index contributed by atoms with van der Waals surface area (Å²) < 4.78 is 31.7. The van der Waals surface area contributed by atoms with E-state index in [-0.39, 0.29) is 10.5 Å². The van der Waals surface area contributed by atoms with Crippen LogP contribution in [0, 0.1) is 5.41 Å². The van der Waals surface area contributed by atoms with E-state index in [0.717, 1.165) is 0 Å². The van der Waals surface area contributed by atoms with Gasteiger partial charge in [0.1, 0.15) is 0 Å². The van der Waals surface area contributed by atoms with E-state index in [1.807, 2.05) is 20.8 Å². The summed E-state index contributed by atoms with van der Waals surface area (Å²) in [6.07, 6.45) is -5.08. The third-order valence-electron chi connectivity index (χ3n) is 0.884. The largest absolute Gasteiger partial charge is 0.490 e. The molecule has 3 nitrogen and oxygen atoms in total. The van der Waals surface area contributed by atoms with Gasteiger partial charge < -0.3 is 5.11 Å².